The van der Waals surface area contributed by atoms with Gasteiger partial charge in [-0.05, 0) is 30.2 Å². The number of amides is 2. The van der Waals surface area contributed by atoms with E-state index in [1.165, 1.54) is 0 Å². The van der Waals surface area contributed by atoms with Gasteiger partial charge in [-0.1, -0.05) is 18.5 Å². The molecule has 0 bridgehead atoms. The Labute approximate surface area is 116 Å². The topological polar surface area (TPSA) is 54.5 Å². The second-order valence-electron chi connectivity index (χ2n) is 4.82. The first-order valence-corrected chi connectivity index (χ1v) is 6.47. The third-order valence-corrected chi connectivity index (χ3v) is 3.37. The maximum Gasteiger partial charge on any atom is 0.229 e. The minimum Gasteiger partial charge on any atom is -0.292 e. The monoisotopic (exact) mass is 279 g/mol. The number of rotatable bonds is 3. The largest absolute Gasteiger partial charge is 0.292 e. The van der Waals surface area contributed by atoms with Gasteiger partial charge in [0.15, 0.2) is 5.78 Å². The van der Waals surface area contributed by atoms with E-state index in [2.05, 4.69) is 0 Å². The lowest BCUT2D eigenvalue weighted by atomic mass is 9.97. The SMILES string of the molecule is CC1CC(=O)N(CC(=O)c2ccc(Cl)cc2)C(=O)C1. The van der Waals surface area contributed by atoms with Crippen molar-refractivity contribution in [3.63, 3.8) is 0 Å². The average molecular weight is 280 g/mol. The van der Waals surface area contributed by atoms with Crippen LogP contribution in [0, 0.1) is 5.92 Å². The number of likely N-dealkylation sites (tertiary alicyclic amines) is 1. The number of ketones is 1. The normalized spacial score (nSPS) is 16.8. The first kappa shape index (κ1) is 13.7. The summed E-state index contributed by atoms with van der Waals surface area (Å²) < 4.78 is 0. The third-order valence-electron chi connectivity index (χ3n) is 3.12. The number of halogens is 1. The predicted molar refractivity (Wildman–Crippen MR) is 70.9 cm³/mol. The molecule has 0 aromatic heterocycles. The van der Waals surface area contributed by atoms with Crippen LogP contribution in [0.15, 0.2) is 24.3 Å². The van der Waals surface area contributed by atoms with Crippen molar-refractivity contribution in [2.24, 2.45) is 5.92 Å². The third kappa shape index (κ3) is 3.20. The van der Waals surface area contributed by atoms with Gasteiger partial charge < -0.3 is 0 Å². The molecule has 0 N–H and O–H groups in total. The molecule has 100 valence electrons. The molecule has 1 aromatic carbocycles. The van der Waals surface area contributed by atoms with Crippen molar-refractivity contribution in [3.05, 3.63) is 34.9 Å². The smallest absolute Gasteiger partial charge is 0.229 e. The van der Waals surface area contributed by atoms with Gasteiger partial charge >= 0.3 is 0 Å². The van der Waals surface area contributed by atoms with Gasteiger partial charge in [-0.25, -0.2) is 0 Å². The van der Waals surface area contributed by atoms with E-state index < -0.39 is 0 Å². The van der Waals surface area contributed by atoms with Crippen LogP contribution in [0.1, 0.15) is 30.1 Å². The Morgan fingerprint density at radius 2 is 1.74 bits per heavy atom. The number of carbonyl (C=O) groups is 3. The molecular weight excluding hydrogens is 266 g/mol. The molecule has 1 fully saturated rings. The Morgan fingerprint density at radius 3 is 2.26 bits per heavy atom. The molecule has 0 aliphatic carbocycles. The zero-order valence-electron chi connectivity index (χ0n) is 10.6. The Balaban J connectivity index is 2.08. The van der Waals surface area contributed by atoms with Crippen molar-refractivity contribution in [2.45, 2.75) is 19.8 Å². The summed E-state index contributed by atoms with van der Waals surface area (Å²) in [6.45, 7) is 1.67. The van der Waals surface area contributed by atoms with Gasteiger partial charge in [0.1, 0.15) is 0 Å². The van der Waals surface area contributed by atoms with Crippen molar-refractivity contribution < 1.29 is 14.4 Å². The Morgan fingerprint density at radius 1 is 1.21 bits per heavy atom. The van der Waals surface area contributed by atoms with Gasteiger partial charge in [-0.15, -0.1) is 0 Å². The number of carbonyl (C=O) groups excluding carboxylic acids is 3. The van der Waals surface area contributed by atoms with E-state index in [4.69, 9.17) is 11.6 Å². The summed E-state index contributed by atoms with van der Waals surface area (Å²) in [4.78, 5) is 36.6. The summed E-state index contributed by atoms with van der Waals surface area (Å²) >= 11 is 5.74. The van der Waals surface area contributed by atoms with Gasteiger partial charge in [0.2, 0.25) is 11.8 Å². The van der Waals surface area contributed by atoms with E-state index in [1.807, 2.05) is 6.92 Å². The highest BCUT2D eigenvalue weighted by Gasteiger charge is 2.31. The first-order chi connectivity index (χ1) is 8.97. The lowest BCUT2D eigenvalue weighted by molar-refractivity contribution is -0.149. The average Bonchev–Trinajstić information content (AvgIpc) is 2.34. The second-order valence-corrected chi connectivity index (χ2v) is 5.25. The lowest BCUT2D eigenvalue weighted by Crippen LogP contribution is -2.45. The molecule has 0 atom stereocenters. The second kappa shape index (κ2) is 5.53. The van der Waals surface area contributed by atoms with Crippen molar-refractivity contribution in [2.75, 3.05) is 6.54 Å². The molecule has 1 aliphatic heterocycles. The molecule has 2 amide bonds. The van der Waals surface area contributed by atoms with Crippen LogP contribution < -0.4 is 0 Å². The molecule has 0 unspecified atom stereocenters. The molecule has 0 saturated carbocycles. The van der Waals surface area contributed by atoms with Crippen LogP contribution in [0.5, 0.6) is 0 Å². The molecule has 2 rings (SSSR count). The highest BCUT2D eigenvalue weighted by molar-refractivity contribution is 6.30. The van der Waals surface area contributed by atoms with E-state index in [9.17, 15) is 14.4 Å². The Hall–Kier alpha value is -1.68. The number of piperidine rings is 1. The van der Waals surface area contributed by atoms with E-state index in [0.717, 1.165) is 4.90 Å². The summed E-state index contributed by atoms with van der Waals surface area (Å²) in [5.74, 6) is -0.744. The number of nitrogens with zero attached hydrogens (tertiary/aromatic N) is 1. The number of benzene rings is 1. The first-order valence-electron chi connectivity index (χ1n) is 6.09. The van der Waals surface area contributed by atoms with Crippen molar-refractivity contribution in [1.82, 2.24) is 4.90 Å². The highest BCUT2D eigenvalue weighted by Crippen LogP contribution is 2.19. The van der Waals surface area contributed by atoms with Crippen LogP contribution in [0.25, 0.3) is 0 Å². The summed E-state index contributed by atoms with van der Waals surface area (Å²) in [5, 5.41) is 0.538. The summed E-state index contributed by atoms with van der Waals surface area (Å²) in [7, 11) is 0. The van der Waals surface area contributed by atoms with Crippen LogP contribution in [0.2, 0.25) is 5.02 Å². The molecule has 1 saturated heterocycles. The van der Waals surface area contributed by atoms with Crippen molar-refractivity contribution in [3.8, 4) is 0 Å². The maximum absolute atomic E-state index is 12.0. The molecule has 0 spiro atoms. The predicted octanol–water partition coefficient (Wildman–Crippen LogP) is 2.31. The maximum atomic E-state index is 12.0. The standard InChI is InChI=1S/C14H14ClNO3/c1-9-6-13(18)16(14(19)7-9)8-12(17)10-2-4-11(15)5-3-10/h2-5,9H,6-8H2,1H3. The van der Waals surface area contributed by atoms with E-state index >= 15 is 0 Å². The summed E-state index contributed by atoms with van der Waals surface area (Å²) in [6, 6.07) is 6.39. The van der Waals surface area contributed by atoms with Gasteiger partial charge in [-0.2, -0.15) is 0 Å². The number of hydrogen-bond donors (Lipinski definition) is 0. The number of imide groups is 1. The van der Waals surface area contributed by atoms with E-state index in [-0.39, 0.29) is 30.1 Å². The van der Waals surface area contributed by atoms with E-state index in [1.54, 1.807) is 24.3 Å². The molecule has 0 radical (unpaired) electrons. The van der Waals surface area contributed by atoms with Crippen LogP contribution >= 0.6 is 11.6 Å². The Kier molecular flexibility index (Phi) is 4.00. The molecule has 1 aromatic rings. The fourth-order valence-corrected chi connectivity index (χ4v) is 2.20. The molecule has 4 nitrogen and oxygen atoms in total. The van der Waals surface area contributed by atoms with Gasteiger partial charge in [-0.3, -0.25) is 19.3 Å². The van der Waals surface area contributed by atoms with Gasteiger partial charge in [0.05, 0.1) is 6.54 Å². The quantitative estimate of drug-likeness (QED) is 0.630. The fourth-order valence-electron chi connectivity index (χ4n) is 2.07. The van der Waals surface area contributed by atoms with Crippen LogP contribution in [0.3, 0.4) is 0 Å². The number of hydrogen-bond acceptors (Lipinski definition) is 3. The highest BCUT2D eigenvalue weighted by atomic mass is 35.5. The van der Waals surface area contributed by atoms with E-state index in [0.29, 0.717) is 23.4 Å². The Bertz CT molecular complexity index is 506. The van der Waals surface area contributed by atoms with Gasteiger partial charge in [0.25, 0.3) is 0 Å². The summed E-state index contributed by atoms with van der Waals surface area (Å²) in [5.41, 5.74) is 0.448. The fraction of sp³-hybridized carbons (Fsp3) is 0.357. The zero-order valence-corrected chi connectivity index (χ0v) is 11.3. The zero-order chi connectivity index (χ0) is 14.0. The molecule has 1 heterocycles. The summed E-state index contributed by atoms with van der Waals surface area (Å²) in [6.07, 6.45) is 0.638. The lowest BCUT2D eigenvalue weighted by Gasteiger charge is -2.27. The van der Waals surface area contributed by atoms with Crippen LogP contribution in [-0.4, -0.2) is 29.0 Å². The molecule has 1 aliphatic rings. The van der Waals surface area contributed by atoms with Crippen molar-refractivity contribution >= 4 is 29.2 Å². The molecular formula is C14H14ClNO3. The number of Topliss-reactive ketones (excluding diaryl/α,β-unsaturated/α-hetero) is 1. The minimum atomic E-state index is -0.272. The molecule has 5 heteroatoms. The van der Waals surface area contributed by atoms with Crippen molar-refractivity contribution in [1.29, 1.82) is 0 Å². The minimum absolute atomic E-state index is 0.0573. The van der Waals surface area contributed by atoms with Crippen LogP contribution in [-0.2, 0) is 9.59 Å². The molecule has 19 heavy (non-hydrogen) atoms. The van der Waals surface area contributed by atoms with Crippen LogP contribution in [0.4, 0.5) is 0 Å². The van der Waals surface area contributed by atoms with Gasteiger partial charge in [0, 0.05) is 23.4 Å².